The average molecular weight is 319 g/mol. The zero-order valence-corrected chi connectivity index (χ0v) is 16.8. The van der Waals surface area contributed by atoms with Crippen LogP contribution in [-0.2, 0) is 6.42 Å². The van der Waals surface area contributed by atoms with Crippen molar-refractivity contribution >= 4 is 11.6 Å². The van der Waals surface area contributed by atoms with Crippen molar-refractivity contribution in [3.63, 3.8) is 0 Å². The summed E-state index contributed by atoms with van der Waals surface area (Å²) in [7, 11) is 0. The Bertz CT molecular complexity index is 876. The molecular formula is C24H30. The topological polar surface area (TPSA) is 0 Å². The molecule has 0 aliphatic heterocycles. The lowest BCUT2D eigenvalue weighted by molar-refractivity contribution is 1.12. The maximum Gasteiger partial charge on any atom is -0.00106 e. The molecule has 0 unspecified atom stereocenters. The molecule has 126 valence electrons. The predicted octanol–water partition coefficient (Wildman–Crippen LogP) is 6.56. The van der Waals surface area contributed by atoms with Gasteiger partial charge in [-0.3, -0.25) is 0 Å². The van der Waals surface area contributed by atoms with Crippen LogP contribution in [0.3, 0.4) is 0 Å². The summed E-state index contributed by atoms with van der Waals surface area (Å²) in [6, 6.07) is 0. The van der Waals surface area contributed by atoms with Crippen molar-refractivity contribution in [3.8, 4) is 0 Å². The minimum Gasteiger partial charge on any atom is -0.0502 e. The maximum atomic E-state index is 2.47. The molecule has 0 aromatic heterocycles. The van der Waals surface area contributed by atoms with Gasteiger partial charge in [0.2, 0.25) is 0 Å². The summed E-state index contributed by atoms with van der Waals surface area (Å²) in [6.45, 7) is 20.5. The van der Waals surface area contributed by atoms with Gasteiger partial charge in [0.1, 0.15) is 0 Å². The number of hydrogen-bond donors (Lipinski definition) is 0. The molecule has 0 nitrogen and oxygen atoms in total. The first-order chi connectivity index (χ1) is 11.2. The standard InChI is InChI=1S/C24H30/c1-12-15(4)19(8)24(20(9)16(12)5)21-10-22-17(6)13(2)14(3)18(7)23(22)11-21/h10H,11H2,1-9H3. The van der Waals surface area contributed by atoms with Crippen molar-refractivity contribution in [1.82, 2.24) is 0 Å². The Morgan fingerprint density at radius 1 is 0.500 bits per heavy atom. The van der Waals surface area contributed by atoms with Crippen molar-refractivity contribution in [2.24, 2.45) is 0 Å². The van der Waals surface area contributed by atoms with Gasteiger partial charge in [0.25, 0.3) is 0 Å². The molecule has 3 rings (SSSR count). The highest BCUT2D eigenvalue weighted by molar-refractivity contribution is 5.93. The van der Waals surface area contributed by atoms with Crippen LogP contribution in [0.25, 0.3) is 11.6 Å². The third kappa shape index (κ3) is 2.19. The monoisotopic (exact) mass is 318 g/mol. The maximum absolute atomic E-state index is 2.47. The summed E-state index contributed by atoms with van der Waals surface area (Å²) in [5.41, 5.74) is 19.1. The molecule has 0 N–H and O–H groups in total. The Morgan fingerprint density at radius 3 is 1.46 bits per heavy atom. The van der Waals surface area contributed by atoms with Crippen LogP contribution in [-0.4, -0.2) is 0 Å². The molecule has 2 aromatic rings. The first-order valence-electron chi connectivity index (χ1n) is 9.03. The van der Waals surface area contributed by atoms with Gasteiger partial charge in [-0.05, 0) is 141 Å². The number of hydrogen-bond acceptors (Lipinski definition) is 0. The van der Waals surface area contributed by atoms with E-state index in [9.17, 15) is 0 Å². The molecule has 0 heteroatoms. The highest BCUT2D eigenvalue weighted by Crippen LogP contribution is 2.41. The van der Waals surface area contributed by atoms with Gasteiger partial charge >= 0.3 is 0 Å². The minimum atomic E-state index is 1.08. The van der Waals surface area contributed by atoms with E-state index >= 15 is 0 Å². The van der Waals surface area contributed by atoms with Crippen LogP contribution >= 0.6 is 0 Å². The van der Waals surface area contributed by atoms with E-state index in [1.807, 2.05) is 0 Å². The van der Waals surface area contributed by atoms with Crippen molar-refractivity contribution in [3.05, 3.63) is 66.8 Å². The summed E-state index contributed by atoms with van der Waals surface area (Å²) in [5, 5.41) is 0. The molecule has 0 saturated heterocycles. The lowest BCUT2D eigenvalue weighted by Crippen LogP contribution is -2.03. The fourth-order valence-corrected chi connectivity index (χ4v) is 4.40. The SMILES string of the molecule is Cc1c(C)c(C)c(C2=Cc3c(C)c(C)c(C)c(C)c3C2)c(C)c1C. The van der Waals surface area contributed by atoms with E-state index in [1.54, 1.807) is 5.56 Å². The van der Waals surface area contributed by atoms with E-state index in [0.29, 0.717) is 0 Å². The summed E-state index contributed by atoms with van der Waals surface area (Å²) < 4.78 is 0. The molecule has 0 heterocycles. The van der Waals surface area contributed by atoms with Crippen molar-refractivity contribution in [1.29, 1.82) is 0 Å². The first-order valence-corrected chi connectivity index (χ1v) is 9.03. The summed E-state index contributed by atoms with van der Waals surface area (Å²) in [6.07, 6.45) is 3.54. The van der Waals surface area contributed by atoms with Gasteiger partial charge in [-0.2, -0.15) is 0 Å². The third-order valence-corrected chi connectivity index (χ3v) is 6.88. The Kier molecular flexibility index (Phi) is 3.98. The van der Waals surface area contributed by atoms with Crippen LogP contribution in [0.5, 0.6) is 0 Å². The lowest BCUT2D eigenvalue weighted by atomic mass is 9.85. The molecule has 0 saturated carbocycles. The first kappa shape index (κ1) is 17.0. The van der Waals surface area contributed by atoms with Gasteiger partial charge in [0, 0.05) is 0 Å². The van der Waals surface area contributed by atoms with Gasteiger partial charge in [0.15, 0.2) is 0 Å². The van der Waals surface area contributed by atoms with Gasteiger partial charge in [-0.25, -0.2) is 0 Å². The molecule has 0 radical (unpaired) electrons. The van der Waals surface area contributed by atoms with Gasteiger partial charge in [-0.15, -0.1) is 0 Å². The lowest BCUT2D eigenvalue weighted by Gasteiger charge is -2.20. The Hall–Kier alpha value is -1.82. The zero-order valence-electron chi connectivity index (χ0n) is 16.8. The van der Waals surface area contributed by atoms with E-state index in [0.717, 1.165) is 6.42 Å². The molecule has 24 heavy (non-hydrogen) atoms. The molecule has 0 fully saturated rings. The van der Waals surface area contributed by atoms with Gasteiger partial charge in [-0.1, -0.05) is 6.08 Å². The van der Waals surface area contributed by atoms with E-state index in [1.165, 1.54) is 66.8 Å². The smallest absolute Gasteiger partial charge is 0.00106 e. The Morgan fingerprint density at radius 2 is 0.917 bits per heavy atom. The number of allylic oxidation sites excluding steroid dienone is 1. The zero-order chi connectivity index (χ0) is 17.9. The van der Waals surface area contributed by atoms with E-state index < -0.39 is 0 Å². The predicted molar refractivity (Wildman–Crippen MR) is 107 cm³/mol. The van der Waals surface area contributed by atoms with Crippen LogP contribution in [0, 0.1) is 62.3 Å². The average Bonchev–Trinajstić information content (AvgIpc) is 2.99. The largest absolute Gasteiger partial charge is 0.0502 e. The summed E-state index contributed by atoms with van der Waals surface area (Å²) in [5.74, 6) is 0. The van der Waals surface area contributed by atoms with E-state index in [4.69, 9.17) is 0 Å². The van der Waals surface area contributed by atoms with Crippen LogP contribution in [0.15, 0.2) is 0 Å². The minimum absolute atomic E-state index is 1.08. The normalized spacial score (nSPS) is 13.3. The molecule has 0 atom stereocenters. The highest BCUT2D eigenvalue weighted by atomic mass is 14.3. The molecule has 1 aliphatic carbocycles. The number of benzene rings is 2. The molecule has 1 aliphatic rings. The quantitative estimate of drug-likeness (QED) is 0.558. The molecule has 2 aromatic carbocycles. The second kappa shape index (κ2) is 5.62. The van der Waals surface area contributed by atoms with E-state index in [-0.39, 0.29) is 0 Å². The fourth-order valence-electron chi connectivity index (χ4n) is 4.40. The number of rotatable bonds is 1. The van der Waals surface area contributed by atoms with Gasteiger partial charge in [0.05, 0.1) is 0 Å². The third-order valence-electron chi connectivity index (χ3n) is 6.88. The Labute approximate surface area is 147 Å². The molecule has 0 spiro atoms. The Balaban J connectivity index is 2.26. The fraction of sp³-hybridized carbons (Fsp3) is 0.417. The van der Waals surface area contributed by atoms with Crippen LogP contribution < -0.4 is 0 Å². The van der Waals surface area contributed by atoms with Crippen molar-refractivity contribution < 1.29 is 0 Å². The molecule has 0 amide bonds. The molecule has 0 bridgehead atoms. The van der Waals surface area contributed by atoms with Gasteiger partial charge < -0.3 is 0 Å². The second-order valence-corrected chi connectivity index (χ2v) is 7.74. The number of fused-ring (bicyclic) bond motifs is 1. The summed E-state index contributed by atoms with van der Waals surface area (Å²) in [4.78, 5) is 0. The summed E-state index contributed by atoms with van der Waals surface area (Å²) >= 11 is 0. The van der Waals surface area contributed by atoms with Crippen LogP contribution in [0.4, 0.5) is 0 Å². The second-order valence-electron chi connectivity index (χ2n) is 7.74. The van der Waals surface area contributed by atoms with Crippen molar-refractivity contribution in [2.75, 3.05) is 0 Å². The van der Waals surface area contributed by atoms with Crippen molar-refractivity contribution in [2.45, 2.75) is 68.7 Å². The van der Waals surface area contributed by atoms with Crippen LogP contribution in [0.1, 0.15) is 66.8 Å². The highest BCUT2D eigenvalue weighted by Gasteiger charge is 2.24. The molecular weight excluding hydrogens is 288 g/mol. The van der Waals surface area contributed by atoms with E-state index in [2.05, 4.69) is 68.4 Å². The van der Waals surface area contributed by atoms with Crippen LogP contribution in [0.2, 0.25) is 0 Å².